The lowest BCUT2D eigenvalue weighted by Gasteiger charge is -2.30. The summed E-state index contributed by atoms with van der Waals surface area (Å²) >= 11 is 0. The van der Waals surface area contributed by atoms with E-state index < -0.39 is 5.92 Å². The van der Waals surface area contributed by atoms with Crippen molar-refractivity contribution in [3.8, 4) is 0 Å². The van der Waals surface area contributed by atoms with E-state index in [0.29, 0.717) is 25.9 Å². The molecule has 7 nitrogen and oxygen atoms in total. The Hall–Kier alpha value is -2.38. The van der Waals surface area contributed by atoms with Gasteiger partial charge >= 0.3 is 0 Å². The second-order valence-electron chi connectivity index (χ2n) is 9.82. The SMILES string of the molecule is Cc1ccc(NC(=O)C[NH+]2CC[NH+](CCN=CC3C(=O)CC(C)(C)CC3=O)CC2)cc1. The van der Waals surface area contributed by atoms with Gasteiger partial charge in [0.15, 0.2) is 6.54 Å². The lowest BCUT2D eigenvalue weighted by molar-refractivity contribution is -1.01. The van der Waals surface area contributed by atoms with Crippen LogP contribution in [0.25, 0.3) is 0 Å². The summed E-state index contributed by atoms with van der Waals surface area (Å²) in [6.07, 6.45) is 2.47. The summed E-state index contributed by atoms with van der Waals surface area (Å²) in [5.74, 6) is -0.592. The van der Waals surface area contributed by atoms with Gasteiger partial charge in [0.2, 0.25) is 0 Å². The van der Waals surface area contributed by atoms with Gasteiger partial charge in [0, 0.05) is 24.7 Å². The Bertz CT molecular complexity index is 804. The van der Waals surface area contributed by atoms with Crippen LogP contribution in [-0.2, 0) is 14.4 Å². The molecule has 7 heteroatoms. The van der Waals surface area contributed by atoms with Gasteiger partial charge in [-0.05, 0) is 24.5 Å². The molecule has 2 aliphatic rings. The van der Waals surface area contributed by atoms with Gasteiger partial charge in [-0.1, -0.05) is 31.5 Å². The highest BCUT2D eigenvalue weighted by Crippen LogP contribution is 2.33. The third-order valence-electron chi connectivity index (χ3n) is 6.26. The first kappa shape index (κ1) is 23.3. The minimum absolute atomic E-state index is 0.00141. The number of Topliss-reactive ketones (excluding diaryl/α,β-unsaturated/α-hetero) is 2. The van der Waals surface area contributed by atoms with Crippen LogP contribution in [0.3, 0.4) is 0 Å². The molecule has 1 aliphatic carbocycles. The molecule has 1 heterocycles. The lowest BCUT2D eigenvalue weighted by atomic mass is 9.72. The van der Waals surface area contributed by atoms with Crippen LogP contribution in [0.5, 0.6) is 0 Å². The van der Waals surface area contributed by atoms with E-state index in [0.717, 1.165) is 38.4 Å². The quantitative estimate of drug-likeness (QED) is 0.399. The van der Waals surface area contributed by atoms with Gasteiger partial charge in [0.25, 0.3) is 5.91 Å². The van der Waals surface area contributed by atoms with Gasteiger partial charge < -0.3 is 15.1 Å². The maximum atomic E-state index is 12.3. The van der Waals surface area contributed by atoms with E-state index in [-0.39, 0.29) is 22.9 Å². The number of anilines is 1. The third kappa shape index (κ3) is 7.08. The Balaban J connectivity index is 1.34. The van der Waals surface area contributed by atoms with E-state index in [1.165, 1.54) is 15.4 Å². The van der Waals surface area contributed by atoms with Crippen molar-refractivity contribution in [2.24, 2.45) is 16.3 Å². The minimum Gasteiger partial charge on any atom is -0.324 e. The molecule has 0 bridgehead atoms. The molecule has 0 unspecified atom stereocenters. The van der Waals surface area contributed by atoms with Gasteiger partial charge in [-0.3, -0.25) is 19.4 Å². The number of hydrogen-bond acceptors (Lipinski definition) is 4. The van der Waals surface area contributed by atoms with Crippen molar-refractivity contribution in [3.63, 3.8) is 0 Å². The molecule has 0 aromatic heterocycles. The number of rotatable bonds is 7. The Morgan fingerprint density at radius 2 is 1.65 bits per heavy atom. The molecular formula is C24H36N4O3+2. The second-order valence-corrected chi connectivity index (χ2v) is 9.82. The smallest absolute Gasteiger partial charge is 0.279 e. The molecule has 3 N–H and O–H groups in total. The Kier molecular flexibility index (Phi) is 7.73. The monoisotopic (exact) mass is 428 g/mol. The largest absolute Gasteiger partial charge is 0.324 e. The topological polar surface area (TPSA) is 84.5 Å². The van der Waals surface area contributed by atoms with E-state index in [4.69, 9.17) is 0 Å². The van der Waals surface area contributed by atoms with Crippen molar-refractivity contribution < 1.29 is 24.2 Å². The molecule has 1 saturated heterocycles. The average molecular weight is 429 g/mol. The zero-order valence-corrected chi connectivity index (χ0v) is 19.0. The fraction of sp³-hybridized carbons (Fsp3) is 0.583. The number of carbonyl (C=O) groups excluding carboxylic acids is 3. The first-order chi connectivity index (χ1) is 14.7. The van der Waals surface area contributed by atoms with Crippen molar-refractivity contribution in [2.45, 2.75) is 33.6 Å². The molecule has 0 radical (unpaired) electrons. The zero-order chi connectivity index (χ0) is 22.4. The Labute approximate surface area is 184 Å². The normalized spacial score (nSPS) is 24.5. The molecule has 1 aromatic carbocycles. The van der Waals surface area contributed by atoms with Crippen molar-refractivity contribution in [1.82, 2.24) is 0 Å². The fourth-order valence-electron chi connectivity index (χ4n) is 4.43. The van der Waals surface area contributed by atoms with Crippen LogP contribution in [0.2, 0.25) is 0 Å². The number of nitrogens with one attached hydrogen (secondary N) is 3. The highest BCUT2D eigenvalue weighted by molar-refractivity contribution is 6.16. The van der Waals surface area contributed by atoms with Gasteiger partial charge in [-0.25, -0.2) is 0 Å². The number of piperazine rings is 1. The first-order valence-electron chi connectivity index (χ1n) is 11.3. The maximum Gasteiger partial charge on any atom is 0.279 e. The van der Waals surface area contributed by atoms with Gasteiger partial charge in [-0.2, -0.15) is 0 Å². The van der Waals surface area contributed by atoms with Gasteiger partial charge in [0.05, 0.1) is 13.1 Å². The highest BCUT2D eigenvalue weighted by Gasteiger charge is 2.38. The summed E-state index contributed by atoms with van der Waals surface area (Å²) in [6.45, 7) is 11.9. The van der Waals surface area contributed by atoms with Crippen LogP contribution in [0.4, 0.5) is 5.69 Å². The Morgan fingerprint density at radius 3 is 2.26 bits per heavy atom. The zero-order valence-electron chi connectivity index (χ0n) is 19.0. The average Bonchev–Trinajstić information content (AvgIpc) is 2.69. The van der Waals surface area contributed by atoms with Crippen molar-refractivity contribution >= 4 is 29.4 Å². The van der Waals surface area contributed by atoms with Crippen LogP contribution in [0.1, 0.15) is 32.3 Å². The van der Waals surface area contributed by atoms with Crippen LogP contribution in [0, 0.1) is 18.3 Å². The van der Waals surface area contributed by atoms with Gasteiger partial charge in [0.1, 0.15) is 43.7 Å². The summed E-state index contributed by atoms with van der Waals surface area (Å²) in [4.78, 5) is 43.9. The molecular weight excluding hydrogens is 392 g/mol. The molecule has 1 saturated carbocycles. The third-order valence-corrected chi connectivity index (χ3v) is 6.26. The number of aliphatic imine (C=N–C) groups is 1. The molecule has 1 aliphatic heterocycles. The summed E-state index contributed by atoms with van der Waals surface area (Å²) < 4.78 is 0. The van der Waals surface area contributed by atoms with E-state index in [9.17, 15) is 14.4 Å². The number of ketones is 2. The number of benzene rings is 1. The van der Waals surface area contributed by atoms with Crippen molar-refractivity contribution in [3.05, 3.63) is 29.8 Å². The Morgan fingerprint density at radius 1 is 1.06 bits per heavy atom. The molecule has 0 atom stereocenters. The van der Waals surface area contributed by atoms with E-state index >= 15 is 0 Å². The van der Waals surface area contributed by atoms with E-state index in [1.54, 1.807) is 6.21 Å². The number of aryl methyl sites for hydroxylation is 1. The summed E-state index contributed by atoms with van der Waals surface area (Å²) in [6, 6.07) is 7.85. The lowest BCUT2D eigenvalue weighted by Crippen LogP contribution is -3.28. The number of carbonyl (C=O) groups is 3. The minimum atomic E-state index is -0.642. The highest BCUT2D eigenvalue weighted by atomic mass is 16.2. The molecule has 1 aromatic rings. The fourth-order valence-corrected chi connectivity index (χ4v) is 4.43. The van der Waals surface area contributed by atoms with Crippen LogP contribution in [-0.4, -0.2) is 69.5 Å². The molecule has 3 rings (SSSR count). The standard InChI is InChI=1S/C24H34N4O3/c1-18-4-6-19(7-5-18)26-23(31)17-28-12-10-27(11-13-28)9-8-25-16-20-21(29)14-24(2,3)15-22(20)30/h4-7,16,20H,8-15,17H2,1-3H3,(H,26,31)/p+2. The maximum absolute atomic E-state index is 12.3. The molecule has 1 amide bonds. The molecule has 0 spiro atoms. The number of quaternary nitrogens is 2. The number of amides is 1. The van der Waals surface area contributed by atoms with Gasteiger partial charge in [-0.15, -0.1) is 0 Å². The summed E-state index contributed by atoms with van der Waals surface area (Å²) in [5, 5.41) is 2.97. The van der Waals surface area contributed by atoms with E-state index in [2.05, 4.69) is 10.3 Å². The van der Waals surface area contributed by atoms with E-state index in [1.807, 2.05) is 45.0 Å². The second kappa shape index (κ2) is 10.3. The predicted molar refractivity (Wildman–Crippen MR) is 121 cm³/mol. The van der Waals surface area contributed by atoms with Crippen molar-refractivity contribution in [1.29, 1.82) is 0 Å². The number of nitrogens with zero attached hydrogens (tertiary/aromatic N) is 1. The number of hydrogen-bond donors (Lipinski definition) is 3. The molecule has 2 fully saturated rings. The first-order valence-corrected chi connectivity index (χ1v) is 11.3. The summed E-state index contributed by atoms with van der Waals surface area (Å²) in [7, 11) is 0. The van der Waals surface area contributed by atoms with Crippen LogP contribution < -0.4 is 15.1 Å². The van der Waals surface area contributed by atoms with Crippen LogP contribution in [0.15, 0.2) is 29.3 Å². The predicted octanol–water partition coefficient (Wildman–Crippen LogP) is -0.638. The molecule has 168 valence electrons. The van der Waals surface area contributed by atoms with Crippen LogP contribution >= 0.6 is 0 Å². The molecule has 31 heavy (non-hydrogen) atoms. The summed E-state index contributed by atoms with van der Waals surface area (Å²) in [5.41, 5.74) is 1.80. The van der Waals surface area contributed by atoms with Crippen molar-refractivity contribution in [2.75, 3.05) is 51.1 Å².